The van der Waals surface area contributed by atoms with Crippen molar-refractivity contribution < 1.29 is 19.7 Å². The van der Waals surface area contributed by atoms with Crippen LogP contribution in [0.2, 0.25) is 0 Å². The summed E-state index contributed by atoms with van der Waals surface area (Å²) in [7, 11) is 0. The third kappa shape index (κ3) is 5.62. The van der Waals surface area contributed by atoms with Crippen LogP contribution in [-0.2, 0) is 15.1 Å². The second kappa shape index (κ2) is 10.7. The summed E-state index contributed by atoms with van der Waals surface area (Å²) in [4.78, 5) is 19.4. The van der Waals surface area contributed by atoms with Gasteiger partial charge in [-0.15, -0.1) is 0 Å². The molecule has 38 heavy (non-hydrogen) atoms. The number of nitrogens with zero attached hydrogens (tertiary/aromatic N) is 6. The number of hydrogen-bond donors (Lipinski definition) is 2. The molecule has 0 radical (unpaired) electrons. The lowest BCUT2D eigenvalue weighted by atomic mass is 9.85. The van der Waals surface area contributed by atoms with Gasteiger partial charge in [0.05, 0.1) is 24.5 Å². The number of aliphatic hydroxyl groups excluding tert-OH is 1. The highest BCUT2D eigenvalue weighted by molar-refractivity contribution is 5.84. The summed E-state index contributed by atoms with van der Waals surface area (Å²) in [6.07, 6.45) is 6.36. The van der Waals surface area contributed by atoms with Crippen molar-refractivity contribution in [2.45, 2.75) is 96.5 Å². The fraction of sp³-hybridized carbons (Fsp3) is 0.643. The Balaban J connectivity index is 1.64. The fourth-order valence-corrected chi connectivity index (χ4v) is 5.40. The van der Waals surface area contributed by atoms with Gasteiger partial charge >= 0.3 is 0 Å². The van der Waals surface area contributed by atoms with Crippen molar-refractivity contribution in [3.8, 4) is 11.1 Å². The Morgan fingerprint density at radius 3 is 2.53 bits per heavy atom. The van der Waals surface area contributed by atoms with Gasteiger partial charge in [0, 0.05) is 47.7 Å². The van der Waals surface area contributed by atoms with Crippen LogP contribution in [0.4, 0.5) is 0 Å². The highest BCUT2D eigenvalue weighted by Crippen LogP contribution is 2.38. The molecule has 1 saturated heterocycles. The summed E-state index contributed by atoms with van der Waals surface area (Å²) in [5.41, 5.74) is 1.97. The molecule has 0 spiro atoms. The van der Waals surface area contributed by atoms with E-state index in [4.69, 9.17) is 9.84 Å². The van der Waals surface area contributed by atoms with E-state index in [1.54, 1.807) is 29.6 Å². The Morgan fingerprint density at radius 1 is 1.21 bits per heavy atom. The van der Waals surface area contributed by atoms with E-state index < -0.39 is 17.2 Å². The predicted molar refractivity (Wildman–Crippen MR) is 148 cm³/mol. The van der Waals surface area contributed by atoms with Crippen molar-refractivity contribution in [2.75, 3.05) is 19.7 Å². The van der Waals surface area contributed by atoms with Crippen LogP contribution in [-0.4, -0.2) is 85.5 Å². The van der Waals surface area contributed by atoms with Gasteiger partial charge in [-0.25, -0.2) is 9.67 Å². The Kier molecular flexibility index (Phi) is 7.97. The lowest BCUT2D eigenvalue weighted by molar-refractivity contribution is -0.159. The summed E-state index contributed by atoms with van der Waals surface area (Å²) in [6.45, 7) is 15.8. The van der Waals surface area contributed by atoms with Crippen molar-refractivity contribution in [2.24, 2.45) is 10.1 Å². The lowest BCUT2D eigenvalue weighted by Crippen LogP contribution is -2.57. The minimum Gasteiger partial charge on any atom is -0.393 e. The third-order valence-electron chi connectivity index (χ3n) is 7.96. The number of amidine groups is 1. The number of hydrogen-bond acceptors (Lipinski definition) is 6. The van der Waals surface area contributed by atoms with E-state index in [1.165, 1.54) is 0 Å². The molecule has 1 aliphatic heterocycles. The van der Waals surface area contributed by atoms with Gasteiger partial charge in [-0.1, -0.05) is 0 Å². The van der Waals surface area contributed by atoms with E-state index in [-0.39, 0.29) is 17.9 Å². The van der Waals surface area contributed by atoms with E-state index in [0.29, 0.717) is 25.5 Å². The van der Waals surface area contributed by atoms with Gasteiger partial charge in [0.15, 0.2) is 0 Å². The molecule has 10 nitrogen and oxygen atoms in total. The number of aliphatic imine (C=N–C) groups is 1. The zero-order valence-electron chi connectivity index (χ0n) is 23.5. The van der Waals surface area contributed by atoms with Crippen LogP contribution in [0.25, 0.3) is 11.1 Å². The number of carbonyl (C=O) groups is 1. The summed E-state index contributed by atoms with van der Waals surface area (Å²) in [6, 6.07) is 2.16. The van der Waals surface area contributed by atoms with Crippen molar-refractivity contribution in [1.82, 2.24) is 19.4 Å². The SMILES string of the molecule is C=N/C(C)=N\n1c(C)c(-c2cnn(C(C)(C)C(=O)N3CCO[C@H](C(C)(C)O)C3)c2)cc1[C@H]1CC[C@H](O)CC1. The molecule has 4 rings (SSSR count). The number of aliphatic hydroxyl groups is 2. The number of morpholine rings is 1. The molecule has 1 atom stereocenters. The molecule has 10 heteroatoms. The first-order chi connectivity index (χ1) is 17.8. The Morgan fingerprint density at radius 2 is 1.89 bits per heavy atom. The molecule has 2 aliphatic rings. The zero-order valence-corrected chi connectivity index (χ0v) is 23.5. The van der Waals surface area contributed by atoms with Gasteiger partial charge in [0.2, 0.25) is 5.91 Å². The molecule has 1 saturated carbocycles. The highest BCUT2D eigenvalue weighted by atomic mass is 16.5. The maximum Gasteiger partial charge on any atom is 0.250 e. The second-order valence-electron chi connectivity index (χ2n) is 11.7. The number of amides is 1. The Hall–Kier alpha value is -2.82. The van der Waals surface area contributed by atoms with Crippen LogP contribution in [0.15, 0.2) is 28.6 Å². The number of aromatic nitrogens is 3. The van der Waals surface area contributed by atoms with Crippen molar-refractivity contribution >= 4 is 18.5 Å². The van der Waals surface area contributed by atoms with Crippen LogP contribution in [0.5, 0.6) is 0 Å². The average Bonchev–Trinajstić information content (AvgIpc) is 3.49. The molecule has 1 amide bonds. The minimum atomic E-state index is -1.04. The molecule has 208 valence electrons. The van der Waals surface area contributed by atoms with Gasteiger partial charge in [-0.2, -0.15) is 10.2 Å². The molecule has 0 bridgehead atoms. The lowest BCUT2D eigenvalue weighted by Gasteiger charge is -2.41. The molecule has 2 N–H and O–H groups in total. The van der Waals surface area contributed by atoms with E-state index in [0.717, 1.165) is 48.2 Å². The normalized spacial score (nSPS) is 23.5. The first kappa shape index (κ1) is 28.2. The number of ether oxygens (including phenoxy) is 1. The first-order valence-electron chi connectivity index (χ1n) is 13.4. The van der Waals surface area contributed by atoms with Crippen molar-refractivity contribution in [1.29, 1.82) is 0 Å². The smallest absolute Gasteiger partial charge is 0.250 e. The van der Waals surface area contributed by atoms with Gasteiger partial charge in [0.25, 0.3) is 0 Å². The molecule has 2 aromatic rings. The van der Waals surface area contributed by atoms with Crippen LogP contribution < -0.4 is 0 Å². The summed E-state index contributed by atoms with van der Waals surface area (Å²) < 4.78 is 9.38. The fourth-order valence-electron chi connectivity index (χ4n) is 5.40. The van der Waals surface area contributed by atoms with Gasteiger partial charge in [0.1, 0.15) is 17.5 Å². The monoisotopic (exact) mass is 526 g/mol. The van der Waals surface area contributed by atoms with E-state index in [2.05, 4.69) is 22.9 Å². The van der Waals surface area contributed by atoms with Crippen LogP contribution >= 0.6 is 0 Å². The Labute approximate surface area is 225 Å². The summed E-state index contributed by atoms with van der Waals surface area (Å²) in [5.74, 6) is 0.785. The quantitative estimate of drug-likeness (QED) is 0.442. The molecule has 3 heterocycles. The third-order valence-corrected chi connectivity index (χ3v) is 7.96. The average molecular weight is 527 g/mol. The zero-order chi connectivity index (χ0) is 27.8. The molecular weight excluding hydrogens is 484 g/mol. The minimum absolute atomic E-state index is 0.0715. The second-order valence-corrected chi connectivity index (χ2v) is 11.7. The van der Waals surface area contributed by atoms with Gasteiger partial charge in [-0.05, 0) is 80.0 Å². The first-order valence-corrected chi connectivity index (χ1v) is 13.4. The predicted octanol–water partition coefficient (Wildman–Crippen LogP) is 3.29. The molecule has 0 aromatic carbocycles. The highest BCUT2D eigenvalue weighted by Gasteiger charge is 2.40. The number of rotatable bonds is 6. The van der Waals surface area contributed by atoms with Crippen molar-refractivity contribution in [3.63, 3.8) is 0 Å². The van der Waals surface area contributed by atoms with E-state index in [1.807, 2.05) is 38.6 Å². The van der Waals surface area contributed by atoms with Crippen LogP contribution in [0, 0.1) is 6.92 Å². The topological polar surface area (TPSA) is 117 Å². The van der Waals surface area contributed by atoms with Crippen LogP contribution in [0.1, 0.15) is 77.6 Å². The molecule has 1 aliphatic carbocycles. The molecule has 2 aromatic heterocycles. The van der Waals surface area contributed by atoms with E-state index in [9.17, 15) is 15.0 Å². The van der Waals surface area contributed by atoms with E-state index >= 15 is 0 Å². The molecule has 2 fully saturated rings. The summed E-state index contributed by atoms with van der Waals surface area (Å²) in [5, 5.41) is 29.7. The maximum atomic E-state index is 13.6. The standard InChI is InChI=1S/C28H42N6O4/c1-18-23(14-24(34(18)31-19(2)29-7)20-8-10-22(35)11-9-20)21-15-30-33(16-21)27(3,4)26(36)32-12-13-38-25(17-32)28(5,6)37/h14-16,20,22,25,35,37H,7-13,17H2,1-6H3/b31-19-/t20-,22-,25-/m0/s1. The van der Waals surface area contributed by atoms with Gasteiger partial charge < -0.3 is 19.8 Å². The van der Waals surface area contributed by atoms with Crippen molar-refractivity contribution in [3.05, 3.63) is 29.8 Å². The Bertz CT molecular complexity index is 1200. The maximum absolute atomic E-state index is 13.6. The number of carbonyl (C=O) groups excluding carboxylic acids is 1. The van der Waals surface area contributed by atoms with Crippen LogP contribution in [0.3, 0.4) is 0 Å². The molecular formula is C28H42N6O4. The largest absolute Gasteiger partial charge is 0.393 e. The van der Waals surface area contributed by atoms with Gasteiger partial charge in [-0.3, -0.25) is 9.48 Å². The summed E-state index contributed by atoms with van der Waals surface area (Å²) >= 11 is 0. The molecule has 0 unspecified atom stereocenters.